The summed E-state index contributed by atoms with van der Waals surface area (Å²) < 4.78 is 54.7. The summed E-state index contributed by atoms with van der Waals surface area (Å²) in [5, 5.41) is 11.6. The number of nitro groups is 1. The summed E-state index contributed by atoms with van der Waals surface area (Å²) in [5.41, 5.74) is -0.106. The molecule has 0 aromatic heterocycles. The minimum atomic E-state index is -2.39. The lowest BCUT2D eigenvalue weighted by Gasteiger charge is -2.42. The maximum absolute atomic E-state index is 13.4. The van der Waals surface area contributed by atoms with Gasteiger partial charge in [-0.15, -0.1) is 0 Å². The Labute approximate surface area is 302 Å². The zero-order valence-electron chi connectivity index (χ0n) is 29.8. The summed E-state index contributed by atoms with van der Waals surface area (Å²) in [6.07, 6.45) is -8.94. The Bertz CT molecular complexity index is 1470. The van der Waals surface area contributed by atoms with Crippen LogP contribution in [-0.2, 0) is 53.7 Å². The van der Waals surface area contributed by atoms with Crippen LogP contribution in [0.2, 0.25) is 18.1 Å². The maximum Gasteiger partial charge on any atom is 0.509 e. The largest absolute Gasteiger partial charge is 0.509 e. The molecular weight excluding hydrogens is 706 g/mol. The van der Waals surface area contributed by atoms with Crippen LogP contribution < -0.4 is 4.74 Å². The molecule has 0 spiro atoms. The number of carbonyl (C=O) groups is 4. The topological polar surface area (TPSA) is 204 Å². The summed E-state index contributed by atoms with van der Waals surface area (Å²) in [4.78, 5) is 63.0. The Kier molecular flexibility index (Phi) is 16.5. The van der Waals surface area contributed by atoms with Gasteiger partial charge in [0.1, 0.15) is 32.2 Å². The summed E-state index contributed by atoms with van der Waals surface area (Å²) in [5.74, 6) is -1.36. The summed E-state index contributed by atoms with van der Waals surface area (Å²) in [6, 6.07) is 3.69. The van der Waals surface area contributed by atoms with Crippen LogP contribution >= 0.6 is 0 Å². The Morgan fingerprint density at radius 2 is 1.29 bits per heavy atom. The molecule has 1 saturated heterocycles. The normalized spacial score (nSPS) is 19.8. The molecule has 1 fully saturated rings. The van der Waals surface area contributed by atoms with E-state index < -0.39 is 74.1 Å². The third-order valence-corrected chi connectivity index (χ3v) is 12.1. The average Bonchev–Trinajstić information content (AvgIpc) is 3.08. The van der Waals surface area contributed by atoms with Crippen LogP contribution in [0.3, 0.4) is 0 Å². The Morgan fingerprint density at radius 3 is 1.77 bits per heavy atom. The lowest BCUT2D eigenvalue weighted by molar-refractivity contribution is -0.385. The van der Waals surface area contributed by atoms with Gasteiger partial charge in [-0.1, -0.05) is 71.4 Å². The lowest BCUT2D eigenvalue weighted by atomic mass is 9.98. The SMILES string of the molecule is C=CCOC(=O)O[C@@H]1[C@@H](OC(=O)OCC=C)[C@H](Oc2cc([N+](=O)[O-])ccc2CO[Si](C)(C)C(C)(C)C)O[C@H](C(=O)OCC=C)[C@H]1OC(=O)OCC=C. The van der Waals surface area contributed by atoms with Gasteiger partial charge < -0.3 is 47.1 Å². The smallest absolute Gasteiger partial charge is 0.460 e. The highest BCUT2D eigenvalue weighted by atomic mass is 28.4. The second-order valence-corrected chi connectivity index (χ2v) is 17.2. The van der Waals surface area contributed by atoms with Crippen molar-refractivity contribution < 1.29 is 71.2 Å². The first-order valence-electron chi connectivity index (χ1n) is 15.8. The zero-order chi connectivity index (χ0) is 39.1. The van der Waals surface area contributed by atoms with Gasteiger partial charge in [-0.25, -0.2) is 19.2 Å². The number of nitrogens with zero attached hydrogens (tertiary/aromatic N) is 1. The van der Waals surface area contributed by atoms with Crippen molar-refractivity contribution in [2.24, 2.45) is 0 Å². The highest BCUT2D eigenvalue weighted by molar-refractivity contribution is 6.74. The van der Waals surface area contributed by atoms with Gasteiger partial charge in [0.05, 0.1) is 17.6 Å². The number of benzene rings is 1. The standard InChI is InChI=1S/C34H45NO16Si/c1-10-16-42-29(36)27-25(49-31(37)43-17-11-2)26(50-32(38)44-18-12-3)28(51-33(39)45-19-13-4)30(48-27)47-24-20-23(35(40)41)15-14-22(24)21-46-52(8,9)34(5,6)7/h10-15,20,25-28,30H,1-4,16-19,21H2,5-9H3/t25-,26-,27-,28+,30+/m0/s1. The van der Waals surface area contributed by atoms with E-state index in [0.717, 1.165) is 6.07 Å². The van der Waals surface area contributed by atoms with E-state index >= 15 is 0 Å². The minimum Gasteiger partial charge on any atom is -0.460 e. The van der Waals surface area contributed by atoms with E-state index in [-0.39, 0.29) is 43.8 Å². The molecule has 1 aromatic rings. The first-order valence-corrected chi connectivity index (χ1v) is 18.7. The van der Waals surface area contributed by atoms with Crippen molar-refractivity contribution in [1.82, 2.24) is 0 Å². The van der Waals surface area contributed by atoms with Crippen molar-refractivity contribution in [3.05, 3.63) is 84.5 Å². The monoisotopic (exact) mass is 751 g/mol. The number of hydrogen-bond donors (Lipinski definition) is 0. The number of rotatable bonds is 18. The van der Waals surface area contributed by atoms with Crippen LogP contribution in [0, 0.1) is 10.1 Å². The summed E-state index contributed by atoms with van der Waals surface area (Å²) >= 11 is 0. The van der Waals surface area contributed by atoms with Crippen molar-refractivity contribution in [3.63, 3.8) is 0 Å². The van der Waals surface area contributed by atoms with Gasteiger partial charge >= 0.3 is 24.4 Å². The number of carbonyl (C=O) groups excluding carboxylic acids is 4. The second kappa shape index (κ2) is 20.0. The fraction of sp³-hybridized carbons (Fsp3) is 0.471. The molecule has 0 amide bonds. The number of esters is 1. The quantitative estimate of drug-likeness (QED) is 0.0417. The molecule has 52 heavy (non-hydrogen) atoms. The van der Waals surface area contributed by atoms with E-state index in [2.05, 4.69) is 26.3 Å². The van der Waals surface area contributed by atoms with Crippen molar-refractivity contribution in [2.45, 2.75) is 76.2 Å². The number of ether oxygens (including phenoxy) is 9. The third kappa shape index (κ3) is 12.5. The van der Waals surface area contributed by atoms with Gasteiger partial charge in [0.2, 0.25) is 12.4 Å². The highest BCUT2D eigenvalue weighted by Crippen LogP contribution is 2.39. The molecule has 1 aromatic carbocycles. The van der Waals surface area contributed by atoms with E-state index in [0.29, 0.717) is 5.56 Å². The lowest BCUT2D eigenvalue weighted by Crippen LogP contribution is -2.64. The van der Waals surface area contributed by atoms with Gasteiger partial charge in [0, 0.05) is 11.6 Å². The van der Waals surface area contributed by atoms with Crippen LogP contribution in [0.4, 0.5) is 20.1 Å². The Balaban J connectivity index is 2.79. The zero-order valence-corrected chi connectivity index (χ0v) is 30.8. The number of non-ortho nitro benzene ring substituents is 1. The van der Waals surface area contributed by atoms with Crippen LogP contribution in [0.25, 0.3) is 0 Å². The molecule has 1 heterocycles. The van der Waals surface area contributed by atoms with Crippen molar-refractivity contribution in [1.29, 1.82) is 0 Å². The summed E-state index contributed by atoms with van der Waals surface area (Å²) in [7, 11) is -2.39. The van der Waals surface area contributed by atoms with Gasteiger partial charge in [0.25, 0.3) is 5.69 Å². The molecule has 18 heteroatoms. The Morgan fingerprint density at radius 1 is 0.808 bits per heavy atom. The van der Waals surface area contributed by atoms with Gasteiger partial charge in [0.15, 0.2) is 26.6 Å². The van der Waals surface area contributed by atoms with Crippen LogP contribution in [0.15, 0.2) is 68.8 Å². The van der Waals surface area contributed by atoms with E-state index in [1.165, 1.54) is 36.4 Å². The van der Waals surface area contributed by atoms with E-state index in [1.807, 2.05) is 33.9 Å². The van der Waals surface area contributed by atoms with Gasteiger partial charge in [-0.2, -0.15) is 0 Å². The molecule has 0 N–H and O–H groups in total. The molecule has 17 nitrogen and oxygen atoms in total. The Hall–Kier alpha value is -5.20. The molecule has 1 aliphatic rings. The molecule has 0 bridgehead atoms. The van der Waals surface area contributed by atoms with E-state index in [1.54, 1.807) is 0 Å². The molecule has 1 aliphatic heterocycles. The van der Waals surface area contributed by atoms with Crippen molar-refractivity contribution >= 4 is 38.4 Å². The third-order valence-electron chi connectivity index (χ3n) is 7.62. The molecule has 0 unspecified atom stereocenters. The molecule has 2 rings (SSSR count). The van der Waals surface area contributed by atoms with Gasteiger partial charge in [-0.3, -0.25) is 10.1 Å². The van der Waals surface area contributed by atoms with Crippen molar-refractivity contribution in [3.8, 4) is 5.75 Å². The van der Waals surface area contributed by atoms with E-state index in [9.17, 15) is 29.3 Å². The predicted molar refractivity (Wildman–Crippen MR) is 185 cm³/mol. The predicted octanol–water partition coefficient (Wildman–Crippen LogP) is 6.07. The molecule has 286 valence electrons. The van der Waals surface area contributed by atoms with E-state index in [4.69, 9.17) is 47.1 Å². The molecular formula is C34H45NO16Si. The van der Waals surface area contributed by atoms with Crippen LogP contribution in [0.5, 0.6) is 5.75 Å². The number of nitro benzene ring substituents is 1. The molecule has 0 saturated carbocycles. The fourth-order valence-electron chi connectivity index (χ4n) is 4.01. The molecule has 0 aliphatic carbocycles. The maximum atomic E-state index is 13.4. The van der Waals surface area contributed by atoms with Crippen molar-refractivity contribution in [2.75, 3.05) is 26.4 Å². The van der Waals surface area contributed by atoms with Gasteiger partial charge in [-0.05, 0) is 24.2 Å². The fourth-order valence-corrected chi connectivity index (χ4v) is 4.96. The highest BCUT2D eigenvalue weighted by Gasteiger charge is 2.57. The summed E-state index contributed by atoms with van der Waals surface area (Å²) in [6.45, 7) is 22.5. The first-order chi connectivity index (χ1) is 24.5. The van der Waals surface area contributed by atoms with Crippen LogP contribution in [-0.4, -0.2) is 94.8 Å². The van der Waals surface area contributed by atoms with Crippen LogP contribution in [0.1, 0.15) is 26.3 Å². The molecule has 0 radical (unpaired) electrons. The minimum absolute atomic E-state index is 0.0804. The number of hydrogen-bond acceptors (Lipinski definition) is 16. The average molecular weight is 752 g/mol. The second-order valence-electron chi connectivity index (χ2n) is 12.4. The first kappa shape index (κ1) is 43.0. The molecule has 5 atom stereocenters.